The molecule has 124 valence electrons. The van der Waals surface area contributed by atoms with Crippen LogP contribution in [0.15, 0.2) is 47.8 Å². The number of ether oxygens (including phenoxy) is 2. The van der Waals surface area contributed by atoms with E-state index in [1.807, 2.05) is 41.7 Å². The topological polar surface area (TPSA) is 21.7 Å². The average molecular weight is 331 g/mol. The zero-order valence-corrected chi connectivity index (χ0v) is 14.3. The third kappa shape index (κ3) is 5.65. The van der Waals surface area contributed by atoms with Crippen LogP contribution in [0.1, 0.15) is 24.1 Å². The van der Waals surface area contributed by atoms with Gasteiger partial charge in [-0.25, -0.2) is 0 Å². The summed E-state index contributed by atoms with van der Waals surface area (Å²) in [7, 11) is 0. The second-order valence-corrected chi connectivity index (χ2v) is 7.00. The average Bonchev–Trinajstić information content (AvgIpc) is 3.26. The van der Waals surface area contributed by atoms with Crippen molar-refractivity contribution in [3.05, 3.63) is 52.7 Å². The largest absolute Gasteiger partial charge is 0.494 e. The molecule has 0 saturated carbocycles. The summed E-state index contributed by atoms with van der Waals surface area (Å²) in [5.74, 6) is 0.955. The molecule has 1 unspecified atom stereocenters. The molecule has 1 aromatic carbocycles. The number of thiophene rings is 1. The van der Waals surface area contributed by atoms with Crippen molar-refractivity contribution in [1.82, 2.24) is 4.90 Å². The van der Waals surface area contributed by atoms with Gasteiger partial charge in [-0.2, -0.15) is 0 Å². The SMILES string of the molecule is c1ccc(OCCCN(Cc2cccs2)CC2CCCO2)cc1. The fourth-order valence-electron chi connectivity index (χ4n) is 2.93. The van der Waals surface area contributed by atoms with Crippen LogP contribution in [0.2, 0.25) is 0 Å². The first-order chi connectivity index (χ1) is 11.4. The highest BCUT2D eigenvalue weighted by Gasteiger charge is 2.19. The molecule has 1 aliphatic rings. The lowest BCUT2D eigenvalue weighted by atomic mass is 10.2. The van der Waals surface area contributed by atoms with Crippen molar-refractivity contribution in [1.29, 1.82) is 0 Å². The molecule has 2 aromatic rings. The zero-order chi connectivity index (χ0) is 15.7. The number of para-hydroxylation sites is 1. The maximum Gasteiger partial charge on any atom is 0.119 e. The van der Waals surface area contributed by atoms with Gasteiger partial charge in [0, 0.05) is 31.1 Å². The molecule has 1 atom stereocenters. The number of benzene rings is 1. The molecule has 4 heteroatoms. The summed E-state index contributed by atoms with van der Waals surface area (Å²) in [6.45, 7) is 4.78. The number of hydrogen-bond donors (Lipinski definition) is 0. The molecular weight excluding hydrogens is 306 g/mol. The first-order valence-corrected chi connectivity index (χ1v) is 9.32. The lowest BCUT2D eigenvalue weighted by molar-refractivity contribution is 0.0689. The van der Waals surface area contributed by atoms with Gasteiger partial charge >= 0.3 is 0 Å². The Morgan fingerprint density at radius 3 is 2.83 bits per heavy atom. The molecule has 2 heterocycles. The molecule has 0 aliphatic carbocycles. The van der Waals surface area contributed by atoms with Gasteiger partial charge in [-0.1, -0.05) is 24.3 Å². The predicted octanol–water partition coefficient (Wildman–Crippen LogP) is 4.20. The van der Waals surface area contributed by atoms with Crippen molar-refractivity contribution in [2.45, 2.75) is 31.9 Å². The minimum Gasteiger partial charge on any atom is -0.494 e. The van der Waals surface area contributed by atoms with Crippen LogP contribution in [0.25, 0.3) is 0 Å². The Balaban J connectivity index is 1.44. The van der Waals surface area contributed by atoms with E-state index >= 15 is 0 Å². The molecule has 0 bridgehead atoms. The second kappa shape index (κ2) is 9.06. The summed E-state index contributed by atoms with van der Waals surface area (Å²) in [4.78, 5) is 3.93. The fourth-order valence-corrected chi connectivity index (χ4v) is 3.68. The number of nitrogens with zero attached hydrogens (tertiary/aromatic N) is 1. The highest BCUT2D eigenvalue weighted by atomic mass is 32.1. The molecular formula is C19H25NO2S. The van der Waals surface area contributed by atoms with Crippen LogP contribution in [-0.4, -0.2) is 37.3 Å². The van der Waals surface area contributed by atoms with Crippen LogP contribution >= 0.6 is 11.3 Å². The van der Waals surface area contributed by atoms with Crippen LogP contribution in [0, 0.1) is 0 Å². The highest BCUT2D eigenvalue weighted by molar-refractivity contribution is 7.09. The van der Waals surface area contributed by atoms with E-state index in [-0.39, 0.29) is 0 Å². The first kappa shape index (κ1) is 16.5. The quantitative estimate of drug-likeness (QED) is 0.643. The van der Waals surface area contributed by atoms with Crippen molar-refractivity contribution in [3.63, 3.8) is 0 Å². The standard InChI is InChI=1S/C19H25NO2S/c1-2-7-17(8-3-1)21-13-6-11-20(15-18-9-4-12-22-18)16-19-10-5-14-23-19/h1-3,5,7-8,10,14,18H,4,6,9,11-13,15-16H2. The molecule has 0 N–H and O–H groups in total. The summed E-state index contributed by atoms with van der Waals surface area (Å²) < 4.78 is 11.6. The smallest absolute Gasteiger partial charge is 0.119 e. The Hall–Kier alpha value is -1.36. The monoisotopic (exact) mass is 331 g/mol. The molecule has 23 heavy (non-hydrogen) atoms. The molecule has 1 aromatic heterocycles. The van der Waals surface area contributed by atoms with Crippen LogP contribution in [-0.2, 0) is 11.3 Å². The van der Waals surface area contributed by atoms with Gasteiger partial charge in [-0.15, -0.1) is 11.3 Å². The molecule has 3 nitrogen and oxygen atoms in total. The molecule has 1 aliphatic heterocycles. The van der Waals surface area contributed by atoms with E-state index in [0.29, 0.717) is 6.10 Å². The van der Waals surface area contributed by atoms with Crippen molar-refractivity contribution in [2.24, 2.45) is 0 Å². The minimum atomic E-state index is 0.407. The van der Waals surface area contributed by atoms with Crippen LogP contribution < -0.4 is 4.74 Å². The normalized spacial score (nSPS) is 17.7. The summed E-state index contributed by atoms with van der Waals surface area (Å²) >= 11 is 1.83. The van der Waals surface area contributed by atoms with E-state index in [9.17, 15) is 0 Å². The number of rotatable bonds is 9. The van der Waals surface area contributed by atoms with E-state index in [1.165, 1.54) is 17.7 Å². The van der Waals surface area contributed by atoms with Gasteiger partial charge < -0.3 is 9.47 Å². The Bertz CT molecular complexity index is 538. The summed E-state index contributed by atoms with van der Waals surface area (Å²) in [6, 6.07) is 14.4. The van der Waals surface area contributed by atoms with E-state index in [1.54, 1.807) is 0 Å². The molecule has 3 rings (SSSR count). The molecule has 1 fully saturated rings. The van der Waals surface area contributed by atoms with Gasteiger partial charge in [-0.05, 0) is 42.8 Å². The van der Waals surface area contributed by atoms with E-state index in [0.717, 1.165) is 45.0 Å². The van der Waals surface area contributed by atoms with Gasteiger partial charge in [0.1, 0.15) is 5.75 Å². The molecule has 0 spiro atoms. The van der Waals surface area contributed by atoms with Crippen LogP contribution in [0.5, 0.6) is 5.75 Å². The van der Waals surface area contributed by atoms with Gasteiger partial charge in [0.25, 0.3) is 0 Å². The summed E-state index contributed by atoms with van der Waals surface area (Å²) in [5.41, 5.74) is 0. The predicted molar refractivity (Wildman–Crippen MR) is 95.1 cm³/mol. The molecule has 0 amide bonds. The minimum absolute atomic E-state index is 0.407. The summed E-state index contributed by atoms with van der Waals surface area (Å²) in [6.07, 6.45) is 3.84. The fraction of sp³-hybridized carbons (Fsp3) is 0.474. The Labute approximate surface area is 142 Å². The molecule has 0 radical (unpaired) electrons. The summed E-state index contributed by atoms with van der Waals surface area (Å²) in [5, 5.41) is 2.15. The maximum atomic E-state index is 5.81. The van der Waals surface area contributed by atoms with Crippen LogP contribution in [0.3, 0.4) is 0 Å². The van der Waals surface area contributed by atoms with Crippen LogP contribution in [0.4, 0.5) is 0 Å². The van der Waals surface area contributed by atoms with Gasteiger partial charge in [0.15, 0.2) is 0 Å². The second-order valence-electron chi connectivity index (χ2n) is 5.96. The Morgan fingerprint density at radius 1 is 1.17 bits per heavy atom. The van der Waals surface area contributed by atoms with Gasteiger partial charge in [0.2, 0.25) is 0 Å². The highest BCUT2D eigenvalue weighted by Crippen LogP contribution is 2.17. The van der Waals surface area contributed by atoms with Crippen molar-refractivity contribution >= 4 is 11.3 Å². The lowest BCUT2D eigenvalue weighted by Crippen LogP contribution is -2.33. The van der Waals surface area contributed by atoms with Crippen molar-refractivity contribution in [2.75, 3.05) is 26.3 Å². The van der Waals surface area contributed by atoms with Gasteiger partial charge in [0.05, 0.1) is 12.7 Å². The Morgan fingerprint density at radius 2 is 2.09 bits per heavy atom. The van der Waals surface area contributed by atoms with E-state index < -0.39 is 0 Å². The lowest BCUT2D eigenvalue weighted by Gasteiger charge is -2.24. The van der Waals surface area contributed by atoms with E-state index in [2.05, 4.69) is 22.4 Å². The van der Waals surface area contributed by atoms with Crippen molar-refractivity contribution in [3.8, 4) is 5.75 Å². The Kier molecular flexibility index (Phi) is 6.50. The van der Waals surface area contributed by atoms with E-state index in [4.69, 9.17) is 9.47 Å². The zero-order valence-electron chi connectivity index (χ0n) is 13.5. The third-order valence-electron chi connectivity index (χ3n) is 4.08. The molecule has 1 saturated heterocycles. The first-order valence-electron chi connectivity index (χ1n) is 8.44. The number of hydrogen-bond acceptors (Lipinski definition) is 4. The maximum absolute atomic E-state index is 5.81. The van der Waals surface area contributed by atoms with Crippen molar-refractivity contribution < 1.29 is 9.47 Å². The third-order valence-corrected chi connectivity index (χ3v) is 4.94. The van der Waals surface area contributed by atoms with Gasteiger partial charge in [-0.3, -0.25) is 4.90 Å².